The van der Waals surface area contributed by atoms with Gasteiger partial charge in [0.1, 0.15) is 18.4 Å². The van der Waals surface area contributed by atoms with E-state index < -0.39 is 28.9 Å². The first-order chi connectivity index (χ1) is 13.8. The van der Waals surface area contributed by atoms with Gasteiger partial charge in [-0.2, -0.15) is 0 Å². The Morgan fingerprint density at radius 2 is 1.48 bits per heavy atom. The molecule has 2 aliphatic heterocycles. The number of nitrogens with one attached hydrogen (secondary N) is 2. The van der Waals surface area contributed by atoms with Gasteiger partial charge in [0.05, 0.1) is 6.04 Å². The van der Waals surface area contributed by atoms with E-state index in [1.54, 1.807) is 0 Å². The minimum atomic E-state index is -0.669. The van der Waals surface area contributed by atoms with Gasteiger partial charge in [0.25, 0.3) is 0 Å². The first-order valence-electron chi connectivity index (χ1n) is 9.80. The SMILES string of the molecule is O=CC(CCCCNC(=O)C1CCCN1C(=O)Cl)NC(=O)C1CCCN1C(=O)Cl. The van der Waals surface area contributed by atoms with E-state index in [1.807, 2.05) is 0 Å². The van der Waals surface area contributed by atoms with Crippen LogP contribution in [0.2, 0.25) is 0 Å². The van der Waals surface area contributed by atoms with E-state index in [4.69, 9.17) is 23.2 Å². The van der Waals surface area contributed by atoms with Gasteiger partial charge < -0.3 is 25.2 Å². The Bertz CT molecular complexity index is 648. The van der Waals surface area contributed by atoms with E-state index in [0.29, 0.717) is 64.4 Å². The van der Waals surface area contributed by atoms with Gasteiger partial charge in [-0.15, -0.1) is 0 Å². The molecule has 2 saturated heterocycles. The van der Waals surface area contributed by atoms with Crippen molar-refractivity contribution < 1.29 is 24.0 Å². The van der Waals surface area contributed by atoms with Crippen LogP contribution in [0.4, 0.5) is 9.59 Å². The number of hydrogen-bond acceptors (Lipinski definition) is 5. The van der Waals surface area contributed by atoms with Gasteiger partial charge in [0.15, 0.2) is 0 Å². The molecular formula is C18H26Cl2N4O5. The molecule has 0 bridgehead atoms. The number of hydrogen-bond donors (Lipinski definition) is 2. The quantitative estimate of drug-likeness (QED) is 0.240. The fraction of sp³-hybridized carbons (Fsp3) is 0.722. The smallest absolute Gasteiger partial charge is 0.317 e. The van der Waals surface area contributed by atoms with Gasteiger partial charge in [-0.1, -0.05) is 0 Å². The summed E-state index contributed by atoms with van der Waals surface area (Å²) in [4.78, 5) is 61.1. The molecule has 4 amide bonds. The summed E-state index contributed by atoms with van der Waals surface area (Å²) in [5, 5.41) is 4.14. The van der Waals surface area contributed by atoms with E-state index in [-0.39, 0.29) is 11.8 Å². The first kappa shape index (κ1) is 23.4. The first-order valence-corrected chi connectivity index (χ1v) is 10.6. The summed E-state index contributed by atoms with van der Waals surface area (Å²) in [6.07, 6.45) is 4.85. The molecule has 2 aliphatic rings. The van der Waals surface area contributed by atoms with Crippen LogP contribution in [-0.2, 0) is 14.4 Å². The fourth-order valence-electron chi connectivity index (χ4n) is 3.77. The number of rotatable bonds is 9. The Morgan fingerprint density at radius 3 is 2.00 bits per heavy atom. The topological polar surface area (TPSA) is 116 Å². The number of halogens is 2. The van der Waals surface area contributed by atoms with E-state index in [2.05, 4.69) is 10.6 Å². The van der Waals surface area contributed by atoms with Crippen LogP contribution in [0, 0.1) is 0 Å². The highest BCUT2D eigenvalue weighted by Gasteiger charge is 2.34. The number of aldehydes is 1. The van der Waals surface area contributed by atoms with E-state index in [9.17, 15) is 24.0 Å². The molecule has 0 aromatic heterocycles. The lowest BCUT2D eigenvalue weighted by Crippen LogP contribution is -2.48. The number of unbranched alkanes of at least 4 members (excludes halogenated alkanes) is 1. The van der Waals surface area contributed by atoms with Crippen molar-refractivity contribution in [1.82, 2.24) is 20.4 Å². The maximum atomic E-state index is 12.3. The van der Waals surface area contributed by atoms with Crippen molar-refractivity contribution in [3.63, 3.8) is 0 Å². The molecular weight excluding hydrogens is 423 g/mol. The van der Waals surface area contributed by atoms with Gasteiger partial charge >= 0.3 is 10.7 Å². The average molecular weight is 449 g/mol. The maximum Gasteiger partial charge on any atom is 0.317 e. The van der Waals surface area contributed by atoms with Crippen LogP contribution in [0.3, 0.4) is 0 Å². The lowest BCUT2D eigenvalue weighted by atomic mass is 10.1. The van der Waals surface area contributed by atoms with Crippen molar-refractivity contribution in [2.75, 3.05) is 19.6 Å². The summed E-state index contributed by atoms with van der Waals surface area (Å²) in [7, 11) is 0. The molecule has 0 spiro atoms. The monoisotopic (exact) mass is 448 g/mol. The molecule has 11 heteroatoms. The number of nitrogens with zero attached hydrogens (tertiary/aromatic N) is 2. The lowest BCUT2D eigenvalue weighted by molar-refractivity contribution is -0.127. The molecule has 3 atom stereocenters. The Labute approximate surface area is 179 Å². The average Bonchev–Trinajstić information content (AvgIpc) is 3.35. The lowest BCUT2D eigenvalue weighted by Gasteiger charge is -2.23. The summed E-state index contributed by atoms with van der Waals surface area (Å²) < 4.78 is 0. The zero-order valence-corrected chi connectivity index (χ0v) is 17.6. The fourth-order valence-corrected chi connectivity index (χ4v) is 4.18. The molecule has 2 heterocycles. The van der Waals surface area contributed by atoms with Crippen molar-refractivity contribution in [2.45, 2.75) is 63.1 Å². The van der Waals surface area contributed by atoms with E-state index >= 15 is 0 Å². The predicted molar refractivity (Wildman–Crippen MR) is 107 cm³/mol. The van der Waals surface area contributed by atoms with Crippen LogP contribution in [0.25, 0.3) is 0 Å². The number of carbonyl (C=O) groups excluding carboxylic acids is 5. The predicted octanol–water partition coefficient (Wildman–Crippen LogP) is 1.60. The van der Waals surface area contributed by atoms with E-state index in [0.717, 1.165) is 6.42 Å². The summed E-state index contributed by atoms with van der Waals surface area (Å²) in [6.45, 7) is 1.31. The molecule has 9 nitrogen and oxygen atoms in total. The third-order valence-electron chi connectivity index (χ3n) is 5.30. The third kappa shape index (κ3) is 6.57. The van der Waals surface area contributed by atoms with Gasteiger partial charge in [-0.25, -0.2) is 0 Å². The highest BCUT2D eigenvalue weighted by atomic mass is 35.5. The van der Waals surface area contributed by atoms with E-state index in [1.165, 1.54) is 9.80 Å². The van der Waals surface area contributed by atoms with Gasteiger partial charge in [-0.05, 0) is 68.1 Å². The zero-order chi connectivity index (χ0) is 21.4. The van der Waals surface area contributed by atoms with Crippen LogP contribution in [-0.4, -0.2) is 76.4 Å². The highest BCUT2D eigenvalue weighted by Crippen LogP contribution is 2.20. The van der Waals surface area contributed by atoms with Crippen molar-refractivity contribution in [1.29, 1.82) is 0 Å². The van der Waals surface area contributed by atoms with Crippen LogP contribution in [0.1, 0.15) is 44.9 Å². The van der Waals surface area contributed by atoms with Gasteiger partial charge in [0, 0.05) is 19.6 Å². The largest absolute Gasteiger partial charge is 0.354 e. The second-order valence-corrected chi connectivity index (χ2v) is 7.89. The second-order valence-electron chi connectivity index (χ2n) is 7.25. The van der Waals surface area contributed by atoms with Crippen molar-refractivity contribution in [3.8, 4) is 0 Å². The highest BCUT2D eigenvalue weighted by molar-refractivity contribution is 6.63. The van der Waals surface area contributed by atoms with Crippen LogP contribution in [0.15, 0.2) is 0 Å². The molecule has 2 fully saturated rings. The Kier molecular flexibility index (Phi) is 9.16. The van der Waals surface area contributed by atoms with Crippen LogP contribution < -0.4 is 10.6 Å². The summed E-state index contributed by atoms with van der Waals surface area (Å²) >= 11 is 11.0. The molecule has 0 aliphatic carbocycles. The number of likely N-dealkylation sites (tertiary alicyclic amines) is 2. The second kappa shape index (κ2) is 11.3. The molecule has 0 radical (unpaired) electrons. The van der Waals surface area contributed by atoms with Crippen molar-refractivity contribution in [2.24, 2.45) is 0 Å². The summed E-state index contributed by atoms with van der Waals surface area (Å²) in [5.74, 6) is -0.613. The zero-order valence-electron chi connectivity index (χ0n) is 16.1. The molecule has 3 unspecified atom stereocenters. The summed E-state index contributed by atoms with van der Waals surface area (Å²) in [6, 6.07) is -1.83. The molecule has 2 rings (SSSR count). The minimum absolute atomic E-state index is 0.233. The minimum Gasteiger partial charge on any atom is -0.354 e. The molecule has 0 saturated carbocycles. The maximum absolute atomic E-state index is 12.3. The van der Waals surface area contributed by atoms with Crippen molar-refractivity contribution in [3.05, 3.63) is 0 Å². The number of amides is 4. The number of carbonyl (C=O) groups is 5. The third-order valence-corrected chi connectivity index (χ3v) is 5.73. The Balaban J connectivity index is 1.67. The Hall–Kier alpha value is -1.87. The standard InChI is InChI=1S/C18H26Cl2N4O5/c19-17(28)23-9-3-6-13(23)15(26)21-8-2-1-5-12(11-25)22-16(27)14-7-4-10-24(14)18(20)29/h11-14H,1-10H2,(H,21,26)(H,22,27). The molecule has 0 aromatic carbocycles. The molecule has 0 aromatic rings. The molecule has 162 valence electrons. The molecule has 29 heavy (non-hydrogen) atoms. The van der Waals surface area contributed by atoms with Crippen LogP contribution >= 0.6 is 23.2 Å². The van der Waals surface area contributed by atoms with Gasteiger partial charge in [0.2, 0.25) is 11.8 Å². The van der Waals surface area contributed by atoms with Crippen molar-refractivity contribution >= 4 is 52.0 Å². The van der Waals surface area contributed by atoms with Crippen LogP contribution in [0.5, 0.6) is 0 Å². The molecule has 2 N–H and O–H groups in total. The van der Waals surface area contributed by atoms with Gasteiger partial charge in [-0.3, -0.25) is 19.2 Å². The summed E-state index contributed by atoms with van der Waals surface area (Å²) in [5.41, 5.74) is 0. The normalized spacial score (nSPS) is 22.3. The Morgan fingerprint density at radius 1 is 0.931 bits per heavy atom.